The van der Waals surface area contributed by atoms with Crippen LogP contribution in [0.25, 0.3) is 10.8 Å². The smallest absolute Gasteiger partial charge is 0.276 e. The average molecular weight is 380 g/mol. The zero-order valence-corrected chi connectivity index (χ0v) is 15.3. The van der Waals surface area contributed by atoms with E-state index in [2.05, 4.69) is 15.3 Å². The molecule has 0 saturated heterocycles. The number of rotatable bonds is 5. The van der Waals surface area contributed by atoms with Gasteiger partial charge in [-0.15, -0.1) is 0 Å². The van der Waals surface area contributed by atoms with Crippen LogP contribution < -0.4 is 15.8 Å². The molecule has 4 rings (SSSR count). The predicted octanol–water partition coefficient (Wildman–Crippen LogP) is 4.17. The average Bonchev–Trinajstić information content (AvgIpc) is 3.20. The van der Waals surface area contributed by atoms with Crippen LogP contribution in [0.15, 0.2) is 42.7 Å². The summed E-state index contributed by atoms with van der Waals surface area (Å²) in [6.07, 6.45) is 7.77. The lowest BCUT2D eigenvalue weighted by molar-refractivity contribution is 0.102. The summed E-state index contributed by atoms with van der Waals surface area (Å²) in [4.78, 5) is 20.6. The number of ether oxygens (including phenoxy) is 1. The van der Waals surface area contributed by atoms with Crippen LogP contribution in [0.4, 0.5) is 15.8 Å². The van der Waals surface area contributed by atoms with E-state index in [1.165, 1.54) is 25.1 Å². The number of fused-ring (bicyclic) bond motifs is 1. The lowest BCUT2D eigenvalue weighted by Crippen LogP contribution is -2.16. The topological polar surface area (TPSA) is 90.1 Å². The first-order valence-electron chi connectivity index (χ1n) is 9.34. The summed E-state index contributed by atoms with van der Waals surface area (Å²) in [7, 11) is 0. The Morgan fingerprint density at radius 2 is 2.04 bits per heavy atom. The number of nitrogen functional groups attached to an aromatic ring is 1. The zero-order valence-electron chi connectivity index (χ0n) is 15.3. The van der Waals surface area contributed by atoms with Gasteiger partial charge in [0.1, 0.15) is 5.82 Å². The number of carbonyl (C=O) groups is 1. The number of aromatic nitrogens is 2. The van der Waals surface area contributed by atoms with Crippen LogP contribution >= 0.6 is 0 Å². The van der Waals surface area contributed by atoms with Crippen LogP contribution in [0.3, 0.4) is 0 Å². The van der Waals surface area contributed by atoms with Gasteiger partial charge in [0.05, 0.1) is 17.7 Å². The third kappa shape index (κ3) is 3.74. The molecule has 6 nitrogen and oxygen atoms in total. The molecule has 1 fully saturated rings. The van der Waals surface area contributed by atoms with Crippen LogP contribution in [0.1, 0.15) is 36.2 Å². The minimum absolute atomic E-state index is 0.0957. The fourth-order valence-electron chi connectivity index (χ4n) is 3.59. The normalized spacial score (nSPS) is 14.3. The fourth-order valence-corrected chi connectivity index (χ4v) is 3.59. The van der Waals surface area contributed by atoms with Gasteiger partial charge in [0.2, 0.25) is 5.88 Å². The van der Waals surface area contributed by atoms with Gasteiger partial charge in [0, 0.05) is 18.1 Å². The molecule has 2 heterocycles. The van der Waals surface area contributed by atoms with Crippen LogP contribution in [-0.2, 0) is 0 Å². The van der Waals surface area contributed by atoms with E-state index in [-0.39, 0.29) is 17.3 Å². The first-order valence-corrected chi connectivity index (χ1v) is 9.34. The maximum Gasteiger partial charge on any atom is 0.276 e. The highest BCUT2D eigenvalue weighted by molar-refractivity contribution is 6.07. The van der Waals surface area contributed by atoms with Gasteiger partial charge in [-0.1, -0.05) is 12.8 Å². The number of benzene rings is 1. The second-order valence-electron chi connectivity index (χ2n) is 7.03. The maximum absolute atomic E-state index is 14.8. The van der Waals surface area contributed by atoms with Gasteiger partial charge in [-0.3, -0.25) is 4.79 Å². The molecule has 2 aromatic heterocycles. The van der Waals surface area contributed by atoms with Gasteiger partial charge in [-0.2, -0.15) is 0 Å². The number of pyridine rings is 2. The van der Waals surface area contributed by atoms with Gasteiger partial charge < -0.3 is 15.8 Å². The lowest BCUT2D eigenvalue weighted by atomic mass is 10.1. The van der Waals surface area contributed by atoms with Crippen molar-refractivity contribution in [3.05, 3.63) is 54.2 Å². The SMILES string of the molecule is Nc1cccnc1C(=O)Nc1cc(F)c2c(OCC3CCCC3)nccc2c1. The number of halogens is 1. The third-order valence-electron chi connectivity index (χ3n) is 5.02. The predicted molar refractivity (Wildman–Crippen MR) is 106 cm³/mol. The molecule has 0 aliphatic heterocycles. The van der Waals surface area contributed by atoms with Gasteiger partial charge in [-0.05, 0) is 54.5 Å². The van der Waals surface area contributed by atoms with Crippen LogP contribution in [0.5, 0.6) is 5.88 Å². The van der Waals surface area contributed by atoms with Crippen molar-refractivity contribution in [2.24, 2.45) is 5.92 Å². The number of carbonyl (C=O) groups excluding carboxylic acids is 1. The van der Waals surface area contributed by atoms with Crippen LogP contribution in [0.2, 0.25) is 0 Å². The number of nitrogens with zero attached hydrogens (tertiary/aromatic N) is 2. The largest absolute Gasteiger partial charge is 0.477 e. The summed E-state index contributed by atoms with van der Waals surface area (Å²) >= 11 is 0. The zero-order chi connectivity index (χ0) is 19.5. The van der Waals surface area contributed by atoms with Gasteiger partial charge in [0.25, 0.3) is 5.91 Å². The minimum Gasteiger partial charge on any atom is -0.477 e. The Hall–Kier alpha value is -3.22. The van der Waals surface area contributed by atoms with Crippen molar-refractivity contribution < 1.29 is 13.9 Å². The van der Waals surface area contributed by atoms with Crippen molar-refractivity contribution in [3.63, 3.8) is 0 Å². The molecule has 3 aromatic rings. The highest BCUT2D eigenvalue weighted by Crippen LogP contribution is 2.31. The summed E-state index contributed by atoms with van der Waals surface area (Å²) in [6.45, 7) is 0.545. The molecule has 0 unspecified atom stereocenters. The quantitative estimate of drug-likeness (QED) is 0.693. The lowest BCUT2D eigenvalue weighted by Gasteiger charge is -2.13. The number of hydrogen-bond acceptors (Lipinski definition) is 5. The molecule has 3 N–H and O–H groups in total. The van der Waals surface area contributed by atoms with Crippen molar-refractivity contribution in [2.45, 2.75) is 25.7 Å². The van der Waals surface area contributed by atoms with Gasteiger partial charge in [-0.25, -0.2) is 14.4 Å². The van der Waals surface area contributed by atoms with Gasteiger partial charge in [0.15, 0.2) is 5.69 Å². The van der Waals surface area contributed by atoms with E-state index in [4.69, 9.17) is 10.5 Å². The van der Waals surface area contributed by atoms with Crippen molar-refractivity contribution in [2.75, 3.05) is 17.7 Å². The Kier molecular flexibility index (Phi) is 5.06. The summed E-state index contributed by atoms with van der Waals surface area (Å²) in [5, 5.41) is 3.56. The molecule has 1 aromatic carbocycles. The molecule has 0 radical (unpaired) electrons. The molecule has 0 bridgehead atoms. The molecule has 1 saturated carbocycles. The number of amides is 1. The van der Waals surface area contributed by atoms with Crippen molar-refractivity contribution >= 4 is 28.1 Å². The molecule has 7 heteroatoms. The molecule has 28 heavy (non-hydrogen) atoms. The second-order valence-corrected chi connectivity index (χ2v) is 7.03. The highest BCUT2D eigenvalue weighted by Gasteiger charge is 2.18. The molecule has 0 spiro atoms. The molecule has 144 valence electrons. The van der Waals surface area contributed by atoms with Crippen molar-refractivity contribution in [1.29, 1.82) is 0 Å². The Morgan fingerprint density at radius 3 is 2.82 bits per heavy atom. The second kappa shape index (κ2) is 7.80. The van der Waals surface area contributed by atoms with Gasteiger partial charge >= 0.3 is 0 Å². The number of nitrogens with two attached hydrogens (primary N) is 1. The number of hydrogen-bond donors (Lipinski definition) is 2. The maximum atomic E-state index is 14.8. The summed E-state index contributed by atoms with van der Waals surface area (Å²) < 4.78 is 20.7. The minimum atomic E-state index is -0.503. The summed E-state index contributed by atoms with van der Waals surface area (Å²) in [5.74, 6) is -0.212. The van der Waals surface area contributed by atoms with E-state index in [9.17, 15) is 9.18 Å². The fraction of sp³-hybridized carbons (Fsp3) is 0.286. The Morgan fingerprint density at radius 1 is 1.21 bits per heavy atom. The van der Waals surface area contributed by atoms with E-state index in [1.54, 1.807) is 30.5 Å². The van der Waals surface area contributed by atoms with E-state index in [1.807, 2.05) is 0 Å². The monoisotopic (exact) mass is 380 g/mol. The van der Waals surface area contributed by atoms with E-state index in [0.717, 1.165) is 12.8 Å². The summed E-state index contributed by atoms with van der Waals surface area (Å²) in [6, 6.07) is 7.85. The Balaban J connectivity index is 1.58. The molecule has 1 aliphatic carbocycles. The van der Waals surface area contributed by atoms with Crippen molar-refractivity contribution in [3.8, 4) is 5.88 Å². The molecular formula is C21H21FN4O2. The Bertz CT molecular complexity index is 1020. The number of nitrogens with one attached hydrogen (secondary N) is 1. The number of anilines is 2. The molecule has 0 atom stereocenters. The van der Waals surface area contributed by atoms with E-state index < -0.39 is 11.7 Å². The molecule has 1 amide bonds. The molecule has 1 aliphatic rings. The Labute approximate surface area is 161 Å². The van der Waals surface area contributed by atoms with Crippen molar-refractivity contribution in [1.82, 2.24) is 9.97 Å². The molecular weight excluding hydrogens is 359 g/mol. The first kappa shape index (κ1) is 18.2. The van der Waals surface area contributed by atoms with Crippen LogP contribution in [0, 0.1) is 11.7 Å². The summed E-state index contributed by atoms with van der Waals surface area (Å²) in [5.41, 5.74) is 6.44. The highest BCUT2D eigenvalue weighted by atomic mass is 19.1. The first-order chi connectivity index (χ1) is 13.6. The van der Waals surface area contributed by atoms with E-state index in [0.29, 0.717) is 29.0 Å². The standard InChI is InChI=1S/C21H21FN4O2/c22-16-11-15(26-20(27)19-17(23)6-3-8-24-19)10-14-7-9-25-21(18(14)16)28-12-13-4-1-2-5-13/h3,6-11,13H,1-2,4-5,12,23H2,(H,26,27). The van der Waals surface area contributed by atoms with E-state index >= 15 is 0 Å². The third-order valence-corrected chi connectivity index (χ3v) is 5.02. The van der Waals surface area contributed by atoms with Crippen LogP contribution in [-0.4, -0.2) is 22.5 Å².